The second kappa shape index (κ2) is 8.35. The number of nitrogens with zero attached hydrogens (tertiary/aromatic N) is 3. The highest BCUT2D eigenvalue weighted by Gasteiger charge is 2.24. The third-order valence-electron chi connectivity index (χ3n) is 3.80. The Hall–Kier alpha value is -3.34. The van der Waals surface area contributed by atoms with Crippen LogP contribution in [0.2, 0.25) is 0 Å². The number of aromatic nitrogens is 2. The SMILES string of the molecule is CS(=O)(=O)N(CC(=O)NCc1nc(-c2ccccc2)no1)c1ccc(F)cc1F. The van der Waals surface area contributed by atoms with Crippen molar-refractivity contribution in [3.8, 4) is 11.4 Å². The Morgan fingerprint density at radius 1 is 1.17 bits per heavy atom. The lowest BCUT2D eigenvalue weighted by Gasteiger charge is -2.22. The molecule has 8 nitrogen and oxygen atoms in total. The summed E-state index contributed by atoms with van der Waals surface area (Å²) in [4.78, 5) is 16.3. The molecular formula is C18H16F2N4O4S. The van der Waals surface area contributed by atoms with Crippen molar-refractivity contribution in [3.05, 3.63) is 66.1 Å². The van der Waals surface area contributed by atoms with Crippen LogP contribution in [-0.2, 0) is 21.4 Å². The smallest absolute Gasteiger partial charge is 0.246 e. The number of sulfonamides is 1. The fraction of sp³-hybridized carbons (Fsp3) is 0.167. The minimum atomic E-state index is -4.00. The first kappa shape index (κ1) is 20.4. The van der Waals surface area contributed by atoms with Gasteiger partial charge in [-0.15, -0.1) is 0 Å². The zero-order chi connectivity index (χ0) is 21.0. The molecule has 2 aromatic carbocycles. The molecule has 0 unspecified atom stereocenters. The van der Waals surface area contributed by atoms with Crippen LogP contribution in [-0.4, -0.2) is 37.3 Å². The zero-order valence-electron chi connectivity index (χ0n) is 15.2. The summed E-state index contributed by atoms with van der Waals surface area (Å²) >= 11 is 0. The number of hydrogen-bond donors (Lipinski definition) is 1. The van der Waals surface area contributed by atoms with Crippen LogP contribution in [0.15, 0.2) is 53.1 Å². The molecule has 29 heavy (non-hydrogen) atoms. The van der Waals surface area contributed by atoms with Crippen molar-refractivity contribution >= 4 is 21.6 Å². The van der Waals surface area contributed by atoms with Gasteiger partial charge < -0.3 is 9.84 Å². The first-order chi connectivity index (χ1) is 13.7. The molecule has 0 aliphatic rings. The van der Waals surface area contributed by atoms with Gasteiger partial charge in [0.2, 0.25) is 27.6 Å². The molecule has 1 aromatic heterocycles. The number of nitrogens with one attached hydrogen (secondary N) is 1. The van der Waals surface area contributed by atoms with Crippen LogP contribution in [0.1, 0.15) is 5.89 Å². The van der Waals surface area contributed by atoms with Gasteiger partial charge in [0.05, 0.1) is 18.5 Å². The first-order valence-electron chi connectivity index (χ1n) is 8.31. The highest BCUT2D eigenvalue weighted by Crippen LogP contribution is 2.22. The summed E-state index contributed by atoms with van der Waals surface area (Å²) in [5.41, 5.74) is 0.289. The van der Waals surface area contributed by atoms with Crippen molar-refractivity contribution in [1.82, 2.24) is 15.5 Å². The Kier molecular flexibility index (Phi) is 5.87. The van der Waals surface area contributed by atoms with E-state index in [4.69, 9.17) is 4.52 Å². The fourth-order valence-corrected chi connectivity index (χ4v) is 3.31. The van der Waals surface area contributed by atoms with E-state index in [9.17, 15) is 22.0 Å². The van der Waals surface area contributed by atoms with Crippen molar-refractivity contribution in [2.24, 2.45) is 0 Å². The van der Waals surface area contributed by atoms with Gasteiger partial charge in [-0.25, -0.2) is 17.2 Å². The minimum Gasteiger partial charge on any atom is -0.345 e. The molecule has 0 aliphatic carbocycles. The highest BCUT2D eigenvalue weighted by molar-refractivity contribution is 7.92. The van der Waals surface area contributed by atoms with Crippen LogP contribution in [0, 0.1) is 11.6 Å². The van der Waals surface area contributed by atoms with Crippen LogP contribution in [0.25, 0.3) is 11.4 Å². The Morgan fingerprint density at radius 3 is 2.55 bits per heavy atom. The third-order valence-corrected chi connectivity index (χ3v) is 4.93. The van der Waals surface area contributed by atoms with Gasteiger partial charge >= 0.3 is 0 Å². The van der Waals surface area contributed by atoms with E-state index in [-0.39, 0.29) is 12.4 Å². The predicted molar refractivity (Wildman–Crippen MR) is 100 cm³/mol. The van der Waals surface area contributed by atoms with Gasteiger partial charge in [-0.05, 0) is 12.1 Å². The van der Waals surface area contributed by atoms with Crippen LogP contribution in [0.4, 0.5) is 14.5 Å². The van der Waals surface area contributed by atoms with Gasteiger partial charge in [0.25, 0.3) is 0 Å². The van der Waals surface area contributed by atoms with E-state index in [1.807, 2.05) is 18.2 Å². The van der Waals surface area contributed by atoms with Gasteiger partial charge in [-0.2, -0.15) is 4.98 Å². The van der Waals surface area contributed by atoms with Gasteiger partial charge in [0.1, 0.15) is 18.2 Å². The monoisotopic (exact) mass is 422 g/mol. The Bertz CT molecular complexity index is 1120. The number of carbonyl (C=O) groups excluding carboxylic acids is 1. The molecule has 1 heterocycles. The van der Waals surface area contributed by atoms with Gasteiger partial charge in [0.15, 0.2) is 0 Å². The van der Waals surface area contributed by atoms with Gasteiger partial charge in [0, 0.05) is 11.6 Å². The van der Waals surface area contributed by atoms with Crippen molar-refractivity contribution in [3.63, 3.8) is 0 Å². The molecule has 0 radical (unpaired) electrons. The number of rotatable bonds is 7. The van der Waals surface area contributed by atoms with E-state index in [1.54, 1.807) is 12.1 Å². The van der Waals surface area contributed by atoms with E-state index in [2.05, 4.69) is 15.5 Å². The number of anilines is 1. The van der Waals surface area contributed by atoms with Crippen molar-refractivity contribution in [2.75, 3.05) is 17.1 Å². The quantitative estimate of drug-likeness (QED) is 0.625. The van der Waals surface area contributed by atoms with E-state index >= 15 is 0 Å². The van der Waals surface area contributed by atoms with Gasteiger partial charge in [-0.1, -0.05) is 35.5 Å². The molecule has 0 atom stereocenters. The van der Waals surface area contributed by atoms with E-state index in [1.165, 1.54) is 0 Å². The maximum absolute atomic E-state index is 14.0. The summed E-state index contributed by atoms with van der Waals surface area (Å²) in [6.45, 7) is -0.858. The average Bonchev–Trinajstić information content (AvgIpc) is 3.14. The minimum absolute atomic E-state index is 0.107. The third kappa shape index (κ3) is 5.13. The molecular weight excluding hydrogens is 406 g/mol. The fourth-order valence-electron chi connectivity index (χ4n) is 2.46. The molecule has 3 aromatic rings. The molecule has 0 spiro atoms. The zero-order valence-corrected chi connectivity index (χ0v) is 16.0. The summed E-state index contributed by atoms with van der Waals surface area (Å²) in [5.74, 6) is -2.27. The summed E-state index contributed by atoms with van der Waals surface area (Å²) < 4.78 is 56.6. The second-order valence-corrected chi connectivity index (χ2v) is 7.93. The Morgan fingerprint density at radius 2 is 1.90 bits per heavy atom. The van der Waals surface area contributed by atoms with Crippen LogP contribution >= 0.6 is 0 Å². The van der Waals surface area contributed by atoms with E-state index < -0.39 is 39.8 Å². The lowest BCUT2D eigenvalue weighted by molar-refractivity contribution is -0.119. The molecule has 0 fully saturated rings. The van der Waals surface area contributed by atoms with Crippen molar-refractivity contribution in [1.29, 1.82) is 0 Å². The molecule has 0 bridgehead atoms. The standard InChI is InChI=1S/C18H16F2N4O4S/c1-29(26,27)24(15-8-7-13(19)9-14(15)20)11-16(25)21-10-17-22-18(23-28-17)12-5-3-2-4-6-12/h2-9H,10-11H2,1H3,(H,21,25). The summed E-state index contributed by atoms with van der Waals surface area (Å²) in [7, 11) is -4.00. The average molecular weight is 422 g/mol. The predicted octanol–water partition coefficient (Wildman–Crippen LogP) is 2.10. The first-order valence-corrected chi connectivity index (χ1v) is 10.2. The Labute approximate surface area is 165 Å². The maximum atomic E-state index is 14.0. The maximum Gasteiger partial charge on any atom is 0.246 e. The van der Waals surface area contributed by atoms with E-state index in [0.29, 0.717) is 16.2 Å². The number of carbonyl (C=O) groups is 1. The van der Waals surface area contributed by atoms with E-state index in [0.717, 1.165) is 24.0 Å². The lowest BCUT2D eigenvalue weighted by Crippen LogP contribution is -2.40. The van der Waals surface area contributed by atoms with Gasteiger partial charge in [-0.3, -0.25) is 9.10 Å². The van der Waals surface area contributed by atoms with Crippen molar-refractivity contribution in [2.45, 2.75) is 6.54 Å². The molecule has 0 saturated heterocycles. The molecule has 152 valence electrons. The van der Waals surface area contributed by atoms with Crippen molar-refractivity contribution < 1.29 is 26.5 Å². The Balaban J connectivity index is 1.68. The molecule has 1 amide bonds. The number of benzene rings is 2. The molecule has 1 N–H and O–H groups in total. The summed E-state index contributed by atoms with van der Waals surface area (Å²) in [6.07, 6.45) is 0.813. The topological polar surface area (TPSA) is 105 Å². The number of amides is 1. The van der Waals surface area contributed by atoms with Crippen LogP contribution in [0.3, 0.4) is 0 Å². The molecule has 0 saturated carbocycles. The summed E-state index contributed by atoms with van der Waals surface area (Å²) in [5, 5.41) is 6.23. The largest absolute Gasteiger partial charge is 0.345 e. The number of halogens is 2. The summed E-state index contributed by atoms with van der Waals surface area (Å²) in [6, 6.07) is 11.4. The molecule has 0 aliphatic heterocycles. The normalized spacial score (nSPS) is 11.3. The highest BCUT2D eigenvalue weighted by atomic mass is 32.2. The van der Waals surface area contributed by atoms with Crippen LogP contribution in [0.5, 0.6) is 0 Å². The molecule has 3 rings (SSSR count). The lowest BCUT2D eigenvalue weighted by atomic mass is 10.2. The molecule has 11 heteroatoms. The number of hydrogen-bond acceptors (Lipinski definition) is 6. The van der Waals surface area contributed by atoms with Crippen LogP contribution < -0.4 is 9.62 Å². The second-order valence-electron chi connectivity index (χ2n) is 6.02.